The fourth-order valence-electron chi connectivity index (χ4n) is 1.84. The van der Waals surface area contributed by atoms with Crippen molar-refractivity contribution in [2.45, 2.75) is 20.4 Å². The van der Waals surface area contributed by atoms with E-state index in [0.717, 1.165) is 31.3 Å². The molecule has 2 heterocycles. The zero-order chi connectivity index (χ0) is 13.5. The molecule has 0 unspecified atom stereocenters. The van der Waals surface area contributed by atoms with Crippen LogP contribution in [0.25, 0.3) is 0 Å². The predicted octanol–water partition coefficient (Wildman–Crippen LogP) is 2.33. The fourth-order valence-corrected chi connectivity index (χ4v) is 1.84. The molecule has 2 aromatic heterocycles. The monoisotopic (exact) mass is 257 g/mol. The van der Waals surface area contributed by atoms with Crippen molar-refractivity contribution in [2.24, 2.45) is 0 Å². The van der Waals surface area contributed by atoms with E-state index in [-0.39, 0.29) is 0 Å². The molecule has 0 aliphatic carbocycles. The zero-order valence-electron chi connectivity index (χ0n) is 11.4. The number of nitrogens with one attached hydrogen (secondary N) is 1. The molecule has 0 aliphatic heterocycles. The maximum absolute atomic E-state index is 4.57. The molecule has 5 nitrogen and oxygen atoms in total. The first-order valence-electron chi connectivity index (χ1n) is 6.53. The molecule has 0 fully saturated rings. The lowest BCUT2D eigenvalue weighted by Gasteiger charge is -2.22. The van der Waals surface area contributed by atoms with Crippen LogP contribution in [0.15, 0.2) is 36.9 Å². The second-order valence-electron chi connectivity index (χ2n) is 4.16. The van der Waals surface area contributed by atoms with Crippen LogP contribution in [0.4, 0.5) is 11.6 Å². The van der Waals surface area contributed by atoms with Gasteiger partial charge in [-0.05, 0) is 31.5 Å². The second-order valence-corrected chi connectivity index (χ2v) is 4.16. The third-order valence-corrected chi connectivity index (χ3v) is 2.81. The summed E-state index contributed by atoms with van der Waals surface area (Å²) in [6.45, 7) is 6.69. The SMILES string of the molecule is CCNc1cncc(N(CC)Cc2ccncc2)n1. The van der Waals surface area contributed by atoms with Crippen LogP contribution in [0.1, 0.15) is 19.4 Å². The van der Waals surface area contributed by atoms with Gasteiger partial charge in [0.25, 0.3) is 0 Å². The van der Waals surface area contributed by atoms with Gasteiger partial charge in [0.15, 0.2) is 0 Å². The highest BCUT2D eigenvalue weighted by molar-refractivity contribution is 5.44. The lowest BCUT2D eigenvalue weighted by atomic mass is 10.2. The summed E-state index contributed by atoms with van der Waals surface area (Å²) in [5.41, 5.74) is 1.22. The van der Waals surface area contributed by atoms with E-state index in [1.165, 1.54) is 5.56 Å². The Hall–Kier alpha value is -2.17. The molecule has 0 amide bonds. The van der Waals surface area contributed by atoms with E-state index in [2.05, 4.69) is 32.1 Å². The standard InChI is InChI=1S/C14H19N5/c1-3-17-13-9-16-10-14(18-13)19(4-2)11-12-5-7-15-8-6-12/h5-10H,3-4,11H2,1-2H3,(H,17,18). The quantitative estimate of drug-likeness (QED) is 0.860. The van der Waals surface area contributed by atoms with Gasteiger partial charge in [-0.25, -0.2) is 4.98 Å². The summed E-state index contributed by atoms with van der Waals surface area (Å²) in [6.07, 6.45) is 7.16. The predicted molar refractivity (Wildman–Crippen MR) is 77.2 cm³/mol. The number of hydrogen-bond donors (Lipinski definition) is 1. The molecule has 0 spiro atoms. The highest BCUT2D eigenvalue weighted by atomic mass is 15.2. The minimum absolute atomic E-state index is 0.809. The topological polar surface area (TPSA) is 53.9 Å². The molecule has 0 atom stereocenters. The average Bonchev–Trinajstić information content (AvgIpc) is 2.46. The largest absolute Gasteiger partial charge is 0.369 e. The van der Waals surface area contributed by atoms with Crippen LogP contribution in [0.2, 0.25) is 0 Å². The van der Waals surface area contributed by atoms with Crippen molar-refractivity contribution in [1.82, 2.24) is 15.0 Å². The van der Waals surface area contributed by atoms with Crippen LogP contribution < -0.4 is 10.2 Å². The van der Waals surface area contributed by atoms with Gasteiger partial charge in [-0.15, -0.1) is 0 Å². The Morgan fingerprint density at radius 1 is 1.11 bits per heavy atom. The molecule has 0 bridgehead atoms. The Balaban J connectivity index is 2.15. The highest BCUT2D eigenvalue weighted by Crippen LogP contribution is 2.15. The number of pyridine rings is 1. The van der Waals surface area contributed by atoms with E-state index in [1.807, 2.05) is 31.5 Å². The molecule has 19 heavy (non-hydrogen) atoms. The Labute approximate surface area is 113 Å². The van der Waals surface area contributed by atoms with Gasteiger partial charge in [0.05, 0.1) is 12.4 Å². The van der Waals surface area contributed by atoms with Crippen molar-refractivity contribution in [3.8, 4) is 0 Å². The van der Waals surface area contributed by atoms with Crippen molar-refractivity contribution in [1.29, 1.82) is 0 Å². The van der Waals surface area contributed by atoms with Crippen LogP contribution in [0.5, 0.6) is 0 Å². The molecule has 0 saturated carbocycles. The Morgan fingerprint density at radius 2 is 1.89 bits per heavy atom. The van der Waals surface area contributed by atoms with Gasteiger partial charge in [-0.3, -0.25) is 9.97 Å². The average molecular weight is 257 g/mol. The van der Waals surface area contributed by atoms with E-state index in [0.29, 0.717) is 0 Å². The molecule has 2 rings (SSSR count). The first kappa shape index (κ1) is 13.3. The third kappa shape index (κ3) is 3.64. The molecule has 0 aromatic carbocycles. The molecule has 5 heteroatoms. The summed E-state index contributed by atoms with van der Waals surface area (Å²) in [5.74, 6) is 1.70. The third-order valence-electron chi connectivity index (χ3n) is 2.81. The Bertz CT molecular complexity index is 500. The summed E-state index contributed by atoms with van der Waals surface area (Å²) in [5, 5.41) is 3.18. The van der Waals surface area contributed by atoms with E-state index in [9.17, 15) is 0 Å². The Morgan fingerprint density at radius 3 is 2.58 bits per heavy atom. The molecular weight excluding hydrogens is 238 g/mol. The van der Waals surface area contributed by atoms with Gasteiger partial charge in [0.1, 0.15) is 11.6 Å². The number of aromatic nitrogens is 3. The lowest BCUT2D eigenvalue weighted by molar-refractivity contribution is 0.808. The summed E-state index contributed by atoms with van der Waals surface area (Å²) in [7, 11) is 0. The smallest absolute Gasteiger partial charge is 0.149 e. The molecule has 0 saturated heterocycles. The molecule has 100 valence electrons. The molecule has 0 aliphatic rings. The molecule has 0 radical (unpaired) electrons. The molecule has 1 N–H and O–H groups in total. The van der Waals surface area contributed by atoms with Crippen LogP contribution in [0.3, 0.4) is 0 Å². The van der Waals surface area contributed by atoms with Crippen molar-refractivity contribution in [3.05, 3.63) is 42.5 Å². The zero-order valence-corrected chi connectivity index (χ0v) is 11.4. The highest BCUT2D eigenvalue weighted by Gasteiger charge is 2.08. The van der Waals surface area contributed by atoms with Gasteiger partial charge in [-0.1, -0.05) is 0 Å². The number of anilines is 2. The van der Waals surface area contributed by atoms with Crippen molar-refractivity contribution in [3.63, 3.8) is 0 Å². The van der Waals surface area contributed by atoms with Gasteiger partial charge in [0.2, 0.25) is 0 Å². The summed E-state index contributed by atoms with van der Waals surface area (Å²) in [6, 6.07) is 4.04. The second kappa shape index (κ2) is 6.68. The van der Waals surface area contributed by atoms with Crippen LogP contribution in [0, 0.1) is 0 Å². The Kier molecular flexibility index (Phi) is 4.66. The van der Waals surface area contributed by atoms with Gasteiger partial charge in [0, 0.05) is 32.0 Å². The van der Waals surface area contributed by atoms with Crippen molar-refractivity contribution < 1.29 is 0 Å². The first-order chi connectivity index (χ1) is 9.33. The van der Waals surface area contributed by atoms with E-state index >= 15 is 0 Å². The summed E-state index contributed by atoms with van der Waals surface area (Å²) >= 11 is 0. The van der Waals surface area contributed by atoms with Gasteiger partial charge >= 0.3 is 0 Å². The van der Waals surface area contributed by atoms with E-state index in [1.54, 1.807) is 12.4 Å². The van der Waals surface area contributed by atoms with Crippen molar-refractivity contribution in [2.75, 3.05) is 23.3 Å². The maximum atomic E-state index is 4.57. The number of nitrogens with zero attached hydrogens (tertiary/aromatic N) is 4. The van der Waals surface area contributed by atoms with E-state index < -0.39 is 0 Å². The summed E-state index contributed by atoms with van der Waals surface area (Å²) < 4.78 is 0. The van der Waals surface area contributed by atoms with Gasteiger partial charge < -0.3 is 10.2 Å². The van der Waals surface area contributed by atoms with E-state index in [4.69, 9.17) is 0 Å². The first-order valence-corrected chi connectivity index (χ1v) is 6.53. The number of hydrogen-bond acceptors (Lipinski definition) is 5. The lowest BCUT2D eigenvalue weighted by Crippen LogP contribution is -2.23. The molecular formula is C14H19N5. The summed E-state index contributed by atoms with van der Waals surface area (Å²) in [4.78, 5) is 15.0. The van der Waals surface area contributed by atoms with Crippen LogP contribution in [-0.2, 0) is 6.54 Å². The normalized spacial score (nSPS) is 10.2. The molecule has 2 aromatic rings. The van der Waals surface area contributed by atoms with Gasteiger partial charge in [-0.2, -0.15) is 0 Å². The minimum atomic E-state index is 0.809. The van der Waals surface area contributed by atoms with Crippen LogP contribution >= 0.6 is 0 Å². The maximum Gasteiger partial charge on any atom is 0.149 e. The number of rotatable bonds is 6. The minimum Gasteiger partial charge on any atom is -0.369 e. The van der Waals surface area contributed by atoms with Crippen LogP contribution in [-0.4, -0.2) is 28.0 Å². The van der Waals surface area contributed by atoms with Crippen molar-refractivity contribution >= 4 is 11.6 Å². The fraction of sp³-hybridized carbons (Fsp3) is 0.357.